The topological polar surface area (TPSA) is 93.1 Å². The molecule has 0 aliphatic heterocycles. The highest BCUT2D eigenvalue weighted by atomic mass is 16.7. The van der Waals surface area contributed by atoms with E-state index in [1.165, 1.54) is 0 Å². The number of rotatable bonds is 6. The third-order valence-corrected chi connectivity index (χ3v) is 2.38. The molecular formula is C9H16O6. The van der Waals surface area contributed by atoms with Crippen LogP contribution in [0.2, 0.25) is 0 Å². The fourth-order valence-corrected chi connectivity index (χ4v) is 1.31. The maximum Gasteiger partial charge on any atom is 0.506 e. The standard InChI is InChI=1S/C9H16O6/c1-3-9(4-2,15-8(12)13)5-6-14-7(10)11/h3-6H2,1-2H3,(H,10,11)(H,12,13). The maximum atomic E-state index is 10.5. The Balaban J connectivity index is 4.23. The summed E-state index contributed by atoms with van der Waals surface area (Å²) >= 11 is 0. The van der Waals surface area contributed by atoms with Gasteiger partial charge in [-0.3, -0.25) is 0 Å². The Hall–Kier alpha value is -1.46. The van der Waals surface area contributed by atoms with E-state index < -0.39 is 17.9 Å². The summed E-state index contributed by atoms with van der Waals surface area (Å²) in [6.07, 6.45) is -1.52. The summed E-state index contributed by atoms with van der Waals surface area (Å²) in [4.78, 5) is 20.6. The van der Waals surface area contributed by atoms with Gasteiger partial charge in [0.25, 0.3) is 0 Å². The Morgan fingerprint density at radius 2 is 1.67 bits per heavy atom. The summed E-state index contributed by atoms with van der Waals surface area (Å²) in [7, 11) is 0. The zero-order chi connectivity index (χ0) is 11.9. The molecule has 0 unspecified atom stereocenters. The normalized spacial score (nSPS) is 10.8. The van der Waals surface area contributed by atoms with Gasteiger partial charge in [0.15, 0.2) is 0 Å². The fourth-order valence-electron chi connectivity index (χ4n) is 1.31. The minimum Gasteiger partial charge on any atom is -0.450 e. The third kappa shape index (κ3) is 5.09. The van der Waals surface area contributed by atoms with Crippen LogP contribution in [0.15, 0.2) is 0 Å². The van der Waals surface area contributed by atoms with Crippen LogP contribution in [-0.2, 0) is 9.47 Å². The largest absolute Gasteiger partial charge is 0.506 e. The van der Waals surface area contributed by atoms with Crippen LogP contribution in [0.25, 0.3) is 0 Å². The summed E-state index contributed by atoms with van der Waals surface area (Å²) in [5.41, 5.74) is -0.846. The molecule has 0 saturated heterocycles. The van der Waals surface area contributed by atoms with Crippen molar-refractivity contribution in [3.05, 3.63) is 0 Å². The van der Waals surface area contributed by atoms with Crippen LogP contribution in [0.4, 0.5) is 9.59 Å². The second kappa shape index (κ2) is 6.10. The van der Waals surface area contributed by atoms with Gasteiger partial charge in [-0.2, -0.15) is 0 Å². The molecule has 0 aromatic carbocycles. The Bertz CT molecular complexity index is 221. The molecule has 0 heterocycles. The molecule has 15 heavy (non-hydrogen) atoms. The van der Waals surface area contributed by atoms with Crippen molar-refractivity contribution in [1.29, 1.82) is 0 Å². The van der Waals surface area contributed by atoms with Crippen LogP contribution in [0.3, 0.4) is 0 Å². The molecule has 0 amide bonds. The van der Waals surface area contributed by atoms with Gasteiger partial charge in [0, 0.05) is 6.42 Å². The lowest BCUT2D eigenvalue weighted by atomic mass is 9.93. The highest BCUT2D eigenvalue weighted by molar-refractivity contribution is 5.58. The lowest BCUT2D eigenvalue weighted by Gasteiger charge is -2.29. The van der Waals surface area contributed by atoms with E-state index in [4.69, 9.17) is 14.9 Å². The number of carboxylic acid groups (broad SMARTS) is 2. The van der Waals surface area contributed by atoms with Gasteiger partial charge >= 0.3 is 12.3 Å². The van der Waals surface area contributed by atoms with Gasteiger partial charge in [-0.25, -0.2) is 9.59 Å². The summed E-state index contributed by atoms with van der Waals surface area (Å²) in [6, 6.07) is 0. The second-order valence-electron chi connectivity index (χ2n) is 3.12. The molecule has 6 heteroatoms. The molecule has 0 aliphatic rings. The van der Waals surface area contributed by atoms with Crippen LogP contribution in [0.1, 0.15) is 33.1 Å². The van der Waals surface area contributed by atoms with Gasteiger partial charge in [-0.1, -0.05) is 13.8 Å². The van der Waals surface area contributed by atoms with Crippen molar-refractivity contribution < 1.29 is 29.3 Å². The predicted molar refractivity (Wildman–Crippen MR) is 51.0 cm³/mol. The molecule has 2 N–H and O–H groups in total. The Labute approximate surface area is 87.8 Å². The second-order valence-corrected chi connectivity index (χ2v) is 3.12. The quantitative estimate of drug-likeness (QED) is 0.667. The first-order chi connectivity index (χ1) is 6.95. The van der Waals surface area contributed by atoms with Crippen molar-refractivity contribution in [1.82, 2.24) is 0 Å². The van der Waals surface area contributed by atoms with Crippen LogP contribution in [0.5, 0.6) is 0 Å². The highest BCUT2D eigenvalue weighted by Gasteiger charge is 2.30. The van der Waals surface area contributed by atoms with Crippen molar-refractivity contribution in [2.24, 2.45) is 0 Å². The van der Waals surface area contributed by atoms with Crippen LogP contribution in [-0.4, -0.2) is 34.7 Å². The van der Waals surface area contributed by atoms with E-state index in [2.05, 4.69) is 4.74 Å². The SMILES string of the molecule is CCC(CC)(CCOC(=O)O)OC(=O)O. The van der Waals surface area contributed by atoms with E-state index in [1.807, 2.05) is 0 Å². The Morgan fingerprint density at radius 1 is 1.13 bits per heavy atom. The Morgan fingerprint density at radius 3 is 2.00 bits per heavy atom. The molecule has 0 rings (SSSR count). The summed E-state index contributed by atoms with van der Waals surface area (Å²) in [5.74, 6) is 0. The molecule has 6 nitrogen and oxygen atoms in total. The van der Waals surface area contributed by atoms with Gasteiger partial charge in [-0.05, 0) is 12.8 Å². The molecule has 0 aliphatic carbocycles. The zero-order valence-corrected chi connectivity index (χ0v) is 8.86. The van der Waals surface area contributed by atoms with Crippen molar-refractivity contribution in [3.63, 3.8) is 0 Å². The molecule has 0 atom stereocenters. The van der Waals surface area contributed by atoms with Gasteiger partial charge in [-0.15, -0.1) is 0 Å². The van der Waals surface area contributed by atoms with E-state index in [1.54, 1.807) is 13.8 Å². The molecule has 0 aromatic heterocycles. The Kier molecular flexibility index (Phi) is 5.51. The summed E-state index contributed by atoms with van der Waals surface area (Å²) in [6.45, 7) is 3.50. The lowest BCUT2D eigenvalue weighted by molar-refractivity contribution is -0.0407. The van der Waals surface area contributed by atoms with E-state index in [0.717, 1.165) is 0 Å². The predicted octanol–water partition coefficient (Wildman–Crippen LogP) is 2.32. The molecule has 0 fully saturated rings. The van der Waals surface area contributed by atoms with Gasteiger partial charge in [0.2, 0.25) is 0 Å². The minimum atomic E-state index is -1.37. The van der Waals surface area contributed by atoms with E-state index in [-0.39, 0.29) is 13.0 Å². The first kappa shape index (κ1) is 13.5. The monoisotopic (exact) mass is 220 g/mol. The summed E-state index contributed by atoms with van der Waals surface area (Å²) < 4.78 is 9.09. The molecule has 0 saturated carbocycles. The molecule has 0 radical (unpaired) electrons. The van der Waals surface area contributed by atoms with Crippen LogP contribution < -0.4 is 0 Å². The van der Waals surface area contributed by atoms with Gasteiger partial charge in [0.1, 0.15) is 5.60 Å². The third-order valence-electron chi connectivity index (χ3n) is 2.38. The van der Waals surface area contributed by atoms with E-state index >= 15 is 0 Å². The number of ether oxygens (including phenoxy) is 2. The number of carbonyl (C=O) groups is 2. The average molecular weight is 220 g/mol. The van der Waals surface area contributed by atoms with Crippen molar-refractivity contribution >= 4 is 12.3 Å². The molecule has 0 aromatic rings. The minimum absolute atomic E-state index is 0.0652. The first-order valence-electron chi connectivity index (χ1n) is 4.73. The molecule has 88 valence electrons. The maximum absolute atomic E-state index is 10.5. The fraction of sp³-hybridized carbons (Fsp3) is 0.778. The van der Waals surface area contributed by atoms with Crippen molar-refractivity contribution in [2.75, 3.05) is 6.61 Å². The molecular weight excluding hydrogens is 204 g/mol. The molecule has 0 spiro atoms. The van der Waals surface area contributed by atoms with Gasteiger partial charge in [0.05, 0.1) is 6.61 Å². The smallest absolute Gasteiger partial charge is 0.450 e. The van der Waals surface area contributed by atoms with E-state index in [0.29, 0.717) is 12.8 Å². The molecule has 0 bridgehead atoms. The average Bonchev–Trinajstić information content (AvgIpc) is 2.15. The zero-order valence-electron chi connectivity index (χ0n) is 8.86. The van der Waals surface area contributed by atoms with Crippen LogP contribution in [0, 0.1) is 0 Å². The van der Waals surface area contributed by atoms with Crippen LogP contribution >= 0.6 is 0 Å². The van der Waals surface area contributed by atoms with Crippen molar-refractivity contribution in [3.8, 4) is 0 Å². The highest BCUT2D eigenvalue weighted by Crippen LogP contribution is 2.25. The number of hydrogen-bond acceptors (Lipinski definition) is 4. The number of hydrogen-bond donors (Lipinski definition) is 2. The first-order valence-corrected chi connectivity index (χ1v) is 4.73. The lowest BCUT2D eigenvalue weighted by Crippen LogP contribution is -2.35. The van der Waals surface area contributed by atoms with Crippen molar-refractivity contribution in [2.45, 2.75) is 38.7 Å². The van der Waals surface area contributed by atoms with E-state index in [9.17, 15) is 9.59 Å². The van der Waals surface area contributed by atoms with Gasteiger partial charge < -0.3 is 19.7 Å². The summed E-state index contributed by atoms with van der Waals surface area (Å²) in [5, 5.41) is 16.8.